The van der Waals surface area contributed by atoms with Gasteiger partial charge in [0.15, 0.2) is 5.75 Å². The van der Waals surface area contributed by atoms with Crippen LogP contribution in [-0.4, -0.2) is 9.78 Å². The summed E-state index contributed by atoms with van der Waals surface area (Å²) < 4.78 is 7.58. The van der Waals surface area contributed by atoms with Crippen molar-refractivity contribution in [2.45, 2.75) is 13.2 Å². The monoisotopic (exact) mass is 298 g/mol. The van der Waals surface area contributed by atoms with Gasteiger partial charge in [-0.25, -0.2) is 0 Å². The summed E-state index contributed by atoms with van der Waals surface area (Å²) in [5.41, 5.74) is 2.17. The van der Waals surface area contributed by atoms with Gasteiger partial charge in [-0.05, 0) is 11.6 Å². The van der Waals surface area contributed by atoms with Gasteiger partial charge in [0.1, 0.15) is 6.61 Å². The van der Waals surface area contributed by atoms with Crippen molar-refractivity contribution in [2.24, 2.45) is 0 Å². The van der Waals surface area contributed by atoms with Gasteiger partial charge in [0, 0.05) is 10.6 Å². The van der Waals surface area contributed by atoms with E-state index >= 15 is 0 Å². The molecular formula is C17H15ClN2O. The van der Waals surface area contributed by atoms with Crippen LogP contribution >= 0.6 is 11.6 Å². The van der Waals surface area contributed by atoms with Gasteiger partial charge < -0.3 is 4.74 Å². The number of hydrogen-bond acceptors (Lipinski definition) is 2. The van der Waals surface area contributed by atoms with Gasteiger partial charge in [0.25, 0.3) is 0 Å². The normalized spacial score (nSPS) is 10.5. The van der Waals surface area contributed by atoms with E-state index in [4.69, 9.17) is 16.3 Å². The van der Waals surface area contributed by atoms with E-state index in [1.807, 2.05) is 53.3 Å². The largest absolute Gasteiger partial charge is 0.486 e. The second-order valence-corrected chi connectivity index (χ2v) is 5.15. The molecule has 0 aliphatic carbocycles. The zero-order valence-electron chi connectivity index (χ0n) is 11.4. The Morgan fingerprint density at radius 1 is 1.00 bits per heavy atom. The Morgan fingerprint density at radius 2 is 1.76 bits per heavy atom. The summed E-state index contributed by atoms with van der Waals surface area (Å²) in [6, 6.07) is 17.9. The van der Waals surface area contributed by atoms with Crippen molar-refractivity contribution in [1.29, 1.82) is 0 Å². The second kappa shape index (κ2) is 6.46. The number of halogens is 1. The van der Waals surface area contributed by atoms with Gasteiger partial charge >= 0.3 is 0 Å². The molecule has 106 valence electrons. The molecule has 0 atom stereocenters. The lowest BCUT2D eigenvalue weighted by atomic mass is 10.2. The van der Waals surface area contributed by atoms with Crippen LogP contribution in [0.2, 0.25) is 5.02 Å². The minimum Gasteiger partial charge on any atom is -0.486 e. The maximum absolute atomic E-state index is 6.10. The van der Waals surface area contributed by atoms with E-state index in [0.717, 1.165) is 17.9 Å². The van der Waals surface area contributed by atoms with Gasteiger partial charge in [-0.1, -0.05) is 60.1 Å². The Bertz CT molecular complexity index is 710. The van der Waals surface area contributed by atoms with Crippen molar-refractivity contribution < 1.29 is 4.74 Å². The molecule has 3 rings (SSSR count). The Morgan fingerprint density at radius 3 is 2.57 bits per heavy atom. The van der Waals surface area contributed by atoms with E-state index in [1.54, 1.807) is 6.20 Å². The Kier molecular flexibility index (Phi) is 4.22. The lowest BCUT2D eigenvalue weighted by Gasteiger charge is -2.05. The van der Waals surface area contributed by atoms with Crippen molar-refractivity contribution in [2.75, 3.05) is 0 Å². The highest BCUT2D eigenvalue weighted by Crippen LogP contribution is 2.18. The third-order valence-corrected chi connectivity index (χ3v) is 3.52. The first kappa shape index (κ1) is 13.7. The van der Waals surface area contributed by atoms with Gasteiger partial charge in [-0.2, -0.15) is 5.10 Å². The first-order valence-corrected chi connectivity index (χ1v) is 7.11. The lowest BCUT2D eigenvalue weighted by Crippen LogP contribution is -1.99. The molecule has 1 aromatic heterocycles. The molecule has 21 heavy (non-hydrogen) atoms. The molecule has 0 N–H and O–H groups in total. The zero-order valence-corrected chi connectivity index (χ0v) is 12.2. The minimum absolute atomic E-state index is 0.441. The van der Waals surface area contributed by atoms with Crippen LogP contribution in [0.1, 0.15) is 11.1 Å². The molecule has 0 unspecified atom stereocenters. The SMILES string of the molecule is Clc1ccccc1COc1cnn(Cc2ccccc2)c1. The summed E-state index contributed by atoms with van der Waals surface area (Å²) in [6.07, 6.45) is 3.61. The van der Waals surface area contributed by atoms with Crippen molar-refractivity contribution in [3.8, 4) is 5.75 Å². The molecular weight excluding hydrogens is 284 g/mol. The van der Waals surface area contributed by atoms with Crippen LogP contribution in [0.25, 0.3) is 0 Å². The van der Waals surface area contributed by atoms with Crippen LogP contribution in [0.3, 0.4) is 0 Å². The summed E-state index contributed by atoms with van der Waals surface area (Å²) in [6.45, 7) is 1.17. The first-order chi connectivity index (χ1) is 10.3. The summed E-state index contributed by atoms with van der Waals surface area (Å²) >= 11 is 6.10. The van der Waals surface area contributed by atoms with Crippen molar-refractivity contribution in [3.05, 3.63) is 83.1 Å². The van der Waals surface area contributed by atoms with Crippen molar-refractivity contribution in [3.63, 3.8) is 0 Å². The molecule has 0 aliphatic rings. The third kappa shape index (κ3) is 3.64. The molecule has 0 fully saturated rings. The Balaban J connectivity index is 1.62. The summed E-state index contributed by atoms with van der Waals surface area (Å²) in [4.78, 5) is 0. The molecule has 0 amide bonds. The Hall–Kier alpha value is -2.26. The fraction of sp³-hybridized carbons (Fsp3) is 0.118. The fourth-order valence-corrected chi connectivity index (χ4v) is 2.24. The summed E-state index contributed by atoms with van der Waals surface area (Å²) in [7, 11) is 0. The molecule has 4 heteroatoms. The lowest BCUT2D eigenvalue weighted by molar-refractivity contribution is 0.306. The van der Waals surface area contributed by atoms with Crippen LogP contribution < -0.4 is 4.74 Å². The number of hydrogen-bond donors (Lipinski definition) is 0. The highest BCUT2D eigenvalue weighted by molar-refractivity contribution is 6.31. The average Bonchev–Trinajstić information content (AvgIpc) is 2.95. The topological polar surface area (TPSA) is 27.1 Å². The van der Waals surface area contributed by atoms with Crippen LogP contribution in [0, 0.1) is 0 Å². The maximum atomic E-state index is 6.10. The van der Waals surface area contributed by atoms with Gasteiger partial charge in [0.2, 0.25) is 0 Å². The standard InChI is InChI=1S/C17H15ClN2O/c18-17-9-5-4-8-15(17)13-21-16-10-19-20(12-16)11-14-6-2-1-3-7-14/h1-10,12H,11,13H2. The van der Waals surface area contributed by atoms with E-state index in [9.17, 15) is 0 Å². The smallest absolute Gasteiger partial charge is 0.157 e. The molecule has 2 aromatic carbocycles. The van der Waals surface area contributed by atoms with E-state index in [1.165, 1.54) is 5.56 Å². The quantitative estimate of drug-likeness (QED) is 0.707. The third-order valence-electron chi connectivity index (χ3n) is 3.15. The molecule has 3 nitrogen and oxygen atoms in total. The molecule has 0 aliphatic heterocycles. The zero-order chi connectivity index (χ0) is 14.5. The van der Waals surface area contributed by atoms with Gasteiger partial charge in [0.05, 0.1) is 18.9 Å². The highest BCUT2D eigenvalue weighted by Gasteiger charge is 2.03. The number of aromatic nitrogens is 2. The average molecular weight is 299 g/mol. The summed E-state index contributed by atoms with van der Waals surface area (Å²) in [5, 5.41) is 5.02. The van der Waals surface area contributed by atoms with Crippen LogP contribution in [0.5, 0.6) is 5.75 Å². The number of ether oxygens (including phenoxy) is 1. The molecule has 0 radical (unpaired) electrons. The minimum atomic E-state index is 0.441. The van der Waals surface area contributed by atoms with E-state index in [0.29, 0.717) is 11.6 Å². The van der Waals surface area contributed by atoms with E-state index in [2.05, 4.69) is 17.2 Å². The molecule has 0 spiro atoms. The van der Waals surface area contributed by atoms with Gasteiger partial charge in [-0.3, -0.25) is 4.68 Å². The van der Waals surface area contributed by atoms with Crippen molar-refractivity contribution >= 4 is 11.6 Å². The Labute approximate surface area is 128 Å². The number of rotatable bonds is 5. The number of nitrogens with zero attached hydrogens (tertiary/aromatic N) is 2. The predicted molar refractivity (Wildman–Crippen MR) is 83.6 cm³/mol. The molecule has 0 bridgehead atoms. The van der Waals surface area contributed by atoms with E-state index < -0.39 is 0 Å². The van der Waals surface area contributed by atoms with Crippen LogP contribution in [-0.2, 0) is 13.2 Å². The molecule has 0 saturated carbocycles. The number of benzene rings is 2. The molecule has 0 saturated heterocycles. The van der Waals surface area contributed by atoms with Crippen molar-refractivity contribution in [1.82, 2.24) is 9.78 Å². The van der Waals surface area contributed by atoms with E-state index in [-0.39, 0.29) is 0 Å². The highest BCUT2D eigenvalue weighted by atomic mass is 35.5. The van der Waals surface area contributed by atoms with Gasteiger partial charge in [-0.15, -0.1) is 0 Å². The second-order valence-electron chi connectivity index (χ2n) is 4.74. The predicted octanol–water partition coefficient (Wildman–Crippen LogP) is 4.16. The first-order valence-electron chi connectivity index (χ1n) is 6.74. The molecule has 1 heterocycles. The van der Waals surface area contributed by atoms with Crippen LogP contribution in [0.15, 0.2) is 67.0 Å². The molecule has 3 aromatic rings. The maximum Gasteiger partial charge on any atom is 0.157 e. The summed E-state index contributed by atoms with van der Waals surface area (Å²) in [5.74, 6) is 0.742. The van der Waals surface area contributed by atoms with Crippen LogP contribution in [0.4, 0.5) is 0 Å². The fourth-order valence-electron chi connectivity index (χ4n) is 2.05.